The maximum Gasteiger partial charge on any atom is 0.267 e. The van der Waals surface area contributed by atoms with Crippen LogP contribution in [-0.2, 0) is 20.4 Å². The largest absolute Gasteiger partial charge is 0.457 e. The van der Waals surface area contributed by atoms with E-state index in [1.54, 1.807) is 42.5 Å². The smallest absolute Gasteiger partial charge is 0.267 e. The van der Waals surface area contributed by atoms with Crippen LogP contribution in [0.3, 0.4) is 0 Å². The van der Waals surface area contributed by atoms with Crippen LogP contribution >= 0.6 is 11.6 Å². The van der Waals surface area contributed by atoms with E-state index in [2.05, 4.69) is 0 Å². The van der Waals surface area contributed by atoms with Crippen molar-refractivity contribution in [1.29, 1.82) is 0 Å². The van der Waals surface area contributed by atoms with Crippen LogP contribution in [0, 0.1) is 0 Å². The summed E-state index contributed by atoms with van der Waals surface area (Å²) in [5.41, 5.74) is 2.51. The van der Waals surface area contributed by atoms with E-state index in [4.69, 9.17) is 21.5 Å². The number of sulfone groups is 1. The second-order valence-corrected chi connectivity index (χ2v) is 7.89. The molecule has 0 spiro atoms. The van der Waals surface area contributed by atoms with Crippen molar-refractivity contribution in [1.82, 2.24) is 5.48 Å². The molecule has 0 fully saturated rings. The summed E-state index contributed by atoms with van der Waals surface area (Å²) in [5, 5.41) is 9.08. The molecule has 0 saturated heterocycles. The van der Waals surface area contributed by atoms with Crippen molar-refractivity contribution in [2.24, 2.45) is 0 Å². The molecule has 2 rings (SSSR count). The Morgan fingerprint density at radius 1 is 1.28 bits per heavy atom. The number of carbonyl (C=O) groups excluding carboxylic acids is 1. The molecule has 2 N–H and O–H groups in total. The molecule has 0 aromatic heterocycles. The van der Waals surface area contributed by atoms with Crippen LogP contribution in [0.1, 0.15) is 11.1 Å². The molecular formula is C17H16ClNO5S. The Hall–Kier alpha value is -2.35. The molecule has 132 valence electrons. The first kappa shape index (κ1) is 19.0. The molecule has 8 heteroatoms. The van der Waals surface area contributed by atoms with E-state index < -0.39 is 15.7 Å². The summed E-state index contributed by atoms with van der Waals surface area (Å²) in [5.74, 6) is 0.0330. The summed E-state index contributed by atoms with van der Waals surface area (Å²) < 4.78 is 28.7. The van der Waals surface area contributed by atoms with Crippen molar-refractivity contribution < 1.29 is 23.2 Å². The minimum Gasteiger partial charge on any atom is -0.457 e. The zero-order valence-corrected chi connectivity index (χ0v) is 14.8. The van der Waals surface area contributed by atoms with E-state index in [1.807, 2.05) is 0 Å². The molecule has 0 saturated carbocycles. The maximum atomic E-state index is 11.5. The molecule has 0 aliphatic heterocycles. The zero-order valence-electron chi connectivity index (χ0n) is 13.3. The molecule has 6 nitrogen and oxygen atoms in total. The SMILES string of the molecule is CS(=O)(=O)Cc1ccc(Oc2cccc(Cl)c2)c(/C=C/C(=O)NO)c1. The van der Waals surface area contributed by atoms with Crippen LogP contribution in [0.5, 0.6) is 11.5 Å². The lowest BCUT2D eigenvalue weighted by Gasteiger charge is -2.11. The highest BCUT2D eigenvalue weighted by molar-refractivity contribution is 7.89. The van der Waals surface area contributed by atoms with Crippen molar-refractivity contribution in [3.63, 3.8) is 0 Å². The van der Waals surface area contributed by atoms with Gasteiger partial charge in [0.25, 0.3) is 5.91 Å². The lowest BCUT2D eigenvalue weighted by molar-refractivity contribution is -0.124. The quantitative estimate of drug-likeness (QED) is 0.455. The zero-order chi connectivity index (χ0) is 18.4. The number of hydrogen-bond donors (Lipinski definition) is 2. The van der Waals surface area contributed by atoms with Crippen molar-refractivity contribution in [3.05, 3.63) is 64.7 Å². The molecular weight excluding hydrogens is 366 g/mol. The predicted octanol–water partition coefficient (Wildman–Crippen LogP) is 3.20. The highest BCUT2D eigenvalue weighted by Crippen LogP contribution is 2.29. The fourth-order valence-corrected chi connectivity index (χ4v) is 3.04. The molecule has 2 aromatic carbocycles. The van der Waals surface area contributed by atoms with E-state index >= 15 is 0 Å². The van der Waals surface area contributed by atoms with Crippen LogP contribution in [0.15, 0.2) is 48.5 Å². The highest BCUT2D eigenvalue weighted by Gasteiger charge is 2.09. The standard InChI is InChI=1S/C17H16ClNO5S/c1-25(22,23)11-12-5-7-16(13(9-12)6-8-17(20)19-21)24-15-4-2-3-14(18)10-15/h2-10,21H,11H2,1H3,(H,19,20)/b8-6+. The average Bonchev–Trinajstić information content (AvgIpc) is 2.53. The van der Waals surface area contributed by atoms with Crippen LogP contribution in [0.4, 0.5) is 0 Å². The van der Waals surface area contributed by atoms with Gasteiger partial charge in [0.05, 0.1) is 5.75 Å². The lowest BCUT2D eigenvalue weighted by Crippen LogP contribution is -2.14. The maximum absolute atomic E-state index is 11.5. The number of hydrogen-bond acceptors (Lipinski definition) is 5. The third-order valence-corrected chi connectivity index (χ3v) is 4.14. The highest BCUT2D eigenvalue weighted by atomic mass is 35.5. The van der Waals surface area contributed by atoms with Gasteiger partial charge in [-0.3, -0.25) is 10.0 Å². The normalized spacial score (nSPS) is 11.5. The van der Waals surface area contributed by atoms with Gasteiger partial charge in [-0.2, -0.15) is 0 Å². The summed E-state index contributed by atoms with van der Waals surface area (Å²) in [6.07, 6.45) is 3.65. The Bertz CT molecular complexity index is 909. The molecule has 0 atom stereocenters. The van der Waals surface area contributed by atoms with Gasteiger partial charge < -0.3 is 4.74 Å². The summed E-state index contributed by atoms with van der Waals surface area (Å²) in [6, 6.07) is 11.6. The number of halogens is 1. The first-order valence-corrected chi connectivity index (χ1v) is 9.57. The van der Waals surface area contributed by atoms with E-state index in [1.165, 1.54) is 11.6 Å². The van der Waals surface area contributed by atoms with Crippen LogP contribution in [0.25, 0.3) is 6.08 Å². The molecule has 1 amide bonds. The summed E-state index contributed by atoms with van der Waals surface area (Å²) >= 11 is 5.93. The number of rotatable bonds is 6. The number of ether oxygens (including phenoxy) is 1. The fraction of sp³-hybridized carbons (Fsp3) is 0.118. The third-order valence-electron chi connectivity index (χ3n) is 3.05. The van der Waals surface area contributed by atoms with Gasteiger partial charge >= 0.3 is 0 Å². The average molecular weight is 382 g/mol. The van der Waals surface area contributed by atoms with E-state index in [0.29, 0.717) is 27.6 Å². The van der Waals surface area contributed by atoms with Gasteiger partial charge in [-0.05, 0) is 42.0 Å². The molecule has 0 bridgehead atoms. The van der Waals surface area contributed by atoms with Crippen molar-refractivity contribution in [3.8, 4) is 11.5 Å². The van der Waals surface area contributed by atoms with Crippen molar-refractivity contribution in [2.75, 3.05) is 6.26 Å². The van der Waals surface area contributed by atoms with Crippen molar-refractivity contribution in [2.45, 2.75) is 5.75 Å². The molecule has 0 unspecified atom stereocenters. The first-order chi connectivity index (χ1) is 11.8. The predicted molar refractivity (Wildman–Crippen MR) is 95.5 cm³/mol. The molecule has 2 aromatic rings. The van der Waals surface area contributed by atoms with Crippen LogP contribution in [0.2, 0.25) is 5.02 Å². The van der Waals surface area contributed by atoms with E-state index in [9.17, 15) is 13.2 Å². The Labute approximate surface area is 150 Å². The molecule has 0 radical (unpaired) electrons. The van der Waals surface area contributed by atoms with Gasteiger partial charge in [0, 0.05) is 22.9 Å². The lowest BCUT2D eigenvalue weighted by atomic mass is 10.1. The summed E-state index contributed by atoms with van der Waals surface area (Å²) in [4.78, 5) is 11.2. The molecule has 0 aliphatic carbocycles. The van der Waals surface area contributed by atoms with Gasteiger partial charge in [0.15, 0.2) is 9.84 Å². The van der Waals surface area contributed by atoms with Crippen LogP contribution in [-0.4, -0.2) is 25.8 Å². The number of hydroxylamine groups is 1. The Morgan fingerprint density at radius 2 is 2.04 bits per heavy atom. The minimum atomic E-state index is -3.21. The van der Waals surface area contributed by atoms with Gasteiger partial charge in [-0.1, -0.05) is 23.7 Å². The number of nitrogens with one attached hydrogen (secondary N) is 1. The second kappa shape index (κ2) is 8.15. The fourth-order valence-electron chi connectivity index (χ4n) is 2.07. The molecule has 0 heterocycles. The second-order valence-electron chi connectivity index (χ2n) is 5.31. The van der Waals surface area contributed by atoms with Gasteiger partial charge in [-0.25, -0.2) is 13.9 Å². The van der Waals surface area contributed by atoms with E-state index in [-0.39, 0.29) is 5.75 Å². The topological polar surface area (TPSA) is 92.7 Å². The van der Waals surface area contributed by atoms with Crippen LogP contribution < -0.4 is 10.2 Å². The number of carbonyl (C=O) groups is 1. The Morgan fingerprint density at radius 3 is 2.68 bits per heavy atom. The monoisotopic (exact) mass is 381 g/mol. The summed E-state index contributed by atoms with van der Waals surface area (Å²) in [7, 11) is -3.21. The van der Waals surface area contributed by atoms with Gasteiger partial charge in [0.2, 0.25) is 0 Å². The number of amides is 1. The Balaban J connectivity index is 2.39. The molecule has 25 heavy (non-hydrogen) atoms. The van der Waals surface area contributed by atoms with Gasteiger partial charge in [0.1, 0.15) is 11.5 Å². The summed E-state index contributed by atoms with van der Waals surface area (Å²) in [6.45, 7) is 0. The molecule has 0 aliphatic rings. The van der Waals surface area contributed by atoms with E-state index in [0.717, 1.165) is 12.3 Å². The number of benzene rings is 2. The third kappa shape index (κ3) is 6.22. The van der Waals surface area contributed by atoms with Crippen molar-refractivity contribution >= 4 is 33.4 Å². The first-order valence-electron chi connectivity index (χ1n) is 7.13. The minimum absolute atomic E-state index is 0.141. The Kier molecular flexibility index (Phi) is 6.19. The van der Waals surface area contributed by atoms with Gasteiger partial charge in [-0.15, -0.1) is 0 Å².